The van der Waals surface area contributed by atoms with Crippen molar-refractivity contribution < 1.29 is 4.74 Å². The van der Waals surface area contributed by atoms with Crippen LogP contribution in [0.1, 0.15) is 32.0 Å². The molecule has 1 aliphatic rings. The molecule has 0 aromatic carbocycles. The molecular formula is C13H23N3O. The SMILES string of the molecule is CCCn1ccnc1CNCC1CCOCC1. The van der Waals surface area contributed by atoms with Crippen molar-refractivity contribution in [1.82, 2.24) is 14.9 Å². The molecule has 0 bridgehead atoms. The molecule has 1 aromatic rings. The number of rotatable bonds is 6. The topological polar surface area (TPSA) is 39.1 Å². The van der Waals surface area contributed by atoms with Gasteiger partial charge in [0.2, 0.25) is 0 Å². The van der Waals surface area contributed by atoms with Gasteiger partial charge in [0.05, 0.1) is 6.54 Å². The molecule has 0 amide bonds. The second kappa shape index (κ2) is 6.77. The Kier molecular flexibility index (Phi) is 5.01. The molecule has 0 spiro atoms. The van der Waals surface area contributed by atoms with Crippen molar-refractivity contribution in [2.75, 3.05) is 19.8 Å². The molecule has 2 rings (SSSR count). The third-order valence-electron chi connectivity index (χ3n) is 3.32. The van der Waals surface area contributed by atoms with Crippen LogP contribution in [0.25, 0.3) is 0 Å². The zero-order valence-corrected chi connectivity index (χ0v) is 10.7. The summed E-state index contributed by atoms with van der Waals surface area (Å²) in [7, 11) is 0. The van der Waals surface area contributed by atoms with Crippen LogP contribution >= 0.6 is 0 Å². The third-order valence-corrected chi connectivity index (χ3v) is 3.32. The van der Waals surface area contributed by atoms with Crippen molar-refractivity contribution in [2.45, 2.75) is 39.3 Å². The fourth-order valence-electron chi connectivity index (χ4n) is 2.29. The van der Waals surface area contributed by atoms with Gasteiger partial charge in [0.1, 0.15) is 5.82 Å². The number of hydrogen-bond acceptors (Lipinski definition) is 3. The quantitative estimate of drug-likeness (QED) is 0.820. The minimum Gasteiger partial charge on any atom is -0.381 e. The van der Waals surface area contributed by atoms with E-state index >= 15 is 0 Å². The Morgan fingerprint density at radius 1 is 1.47 bits per heavy atom. The summed E-state index contributed by atoms with van der Waals surface area (Å²) in [5.74, 6) is 1.93. The number of aryl methyl sites for hydroxylation is 1. The Bertz CT molecular complexity index is 318. The standard InChI is InChI=1S/C13H23N3O/c1-2-6-16-7-5-15-13(16)11-14-10-12-3-8-17-9-4-12/h5,7,12,14H,2-4,6,8-11H2,1H3. The molecule has 17 heavy (non-hydrogen) atoms. The fourth-order valence-corrected chi connectivity index (χ4v) is 2.29. The Hall–Kier alpha value is -0.870. The van der Waals surface area contributed by atoms with E-state index in [0.29, 0.717) is 0 Å². The molecule has 0 radical (unpaired) electrons. The molecule has 96 valence electrons. The summed E-state index contributed by atoms with van der Waals surface area (Å²) in [6.45, 7) is 7.08. The van der Waals surface area contributed by atoms with E-state index in [1.165, 1.54) is 12.8 Å². The van der Waals surface area contributed by atoms with Crippen LogP contribution in [-0.2, 0) is 17.8 Å². The zero-order chi connectivity index (χ0) is 11.9. The Labute approximate surface area is 103 Å². The Morgan fingerprint density at radius 3 is 3.06 bits per heavy atom. The number of nitrogens with zero attached hydrogens (tertiary/aromatic N) is 2. The van der Waals surface area contributed by atoms with E-state index in [0.717, 1.165) is 51.0 Å². The lowest BCUT2D eigenvalue weighted by Gasteiger charge is -2.22. The molecule has 1 aromatic heterocycles. The zero-order valence-electron chi connectivity index (χ0n) is 10.7. The van der Waals surface area contributed by atoms with Gasteiger partial charge < -0.3 is 14.6 Å². The fraction of sp³-hybridized carbons (Fsp3) is 0.769. The van der Waals surface area contributed by atoms with E-state index in [2.05, 4.69) is 28.0 Å². The molecule has 1 fully saturated rings. The smallest absolute Gasteiger partial charge is 0.122 e. The normalized spacial score (nSPS) is 17.5. The maximum atomic E-state index is 5.36. The van der Waals surface area contributed by atoms with Crippen LogP contribution in [0.15, 0.2) is 12.4 Å². The minimum absolute atomic E-state index is 0.776. The first-order valence-corrected chi connectivity index (χ1v) is 6.68. The van der Waals surface area contributed by atoms with Gasteiger partial charge in [-0.25, -0.2) is 4.98 Å². The number of hydrogen-bond donors (Lipinski definition) is 1. The summed E-state index contributed by atoms with van der Waals surface area (Å²) >= 11 is 0. The first-order valence-electron chi connectivity index (χ1n) is 6.68. The predicted octanol–water partition coefficient (Wildman–Crippen LogP) is 1.81. The number of imidazole rings is 1. The van der Waals surface area contributed by atoms with Crippen LogP contribution < -0.4 is 5.32 Å². The molecule has 0 saturated carbocycles. The average Bonchev–Trinajstić information content (AvgIpc) is 2.79. The van der Waals surface area contributed by atoms with Crippen molar-refractivity contribution in [3.8, 4) is 0 Å². The largest absolute Gasteiger partial charge is 0.381 e. The predicted molar refractivity (Wildman–Crippen MR) is 67.8 cm³/mol. The number of ether oxygens (including phenoxy) is 1. The summed E-state index contributed by atoms with van der Waals surface area (Å²) in [6.07, 6.45) is 7.49. The van der Waals surface area contributed by atoms with Crippen LogP contribution in [-0.4, -0.2) is 29.3 Å². The number of aromatic nitrogens is 2. The third kappa shape index (κ3) is 3.82. The van der Waals surface area contributed by atoms with Crippen LogP contribution in [0.5, 0.6) is 0 Å². The first-order chi connectivity index (χ1) is 8.40. The summed E-state index contributed by atoms with van der Waals surface area (Å²) in [5.41, 5.74) is 0. The van der Waals surface area contributed by atoms with E-state index in [1.54, 1.807) is 0 Å². The number of nitrogens with one attached hydrogen (secondary N) is 1. The first kappa shape index (κ1) is 12.6. The van der Waals surface area contributed by atoms with Crippen molar-refractivity contribution in [3.63, 3.8) is 0 Å². The summed E-state index contributed by atoms with van der Waals surface area (Å²) in [6, 6.07) is 0. The maximum absolute atomic E-state index is 5.36. The molecule has 1 aliphatic heterocycles. The van der Waals surface area contributed by atoms with Gasteiger partial charge in [0.15, 0.2) is 0 Å². The highest BCUT2D eigenvalue weighted by Gasteiger charge is 2.13. The highest BCUT2D eigenvalue weighted by molar-refractivity contribution is 4.91. The van der Waals surface area contributed by atoms with Gasteiger partial charge in [-0.15, -0.1) is 0 Å². The molecule has 0 unspecified atom stereocenters. The van der Waals surface area contributed by atoms with Gasteiger partial charge >= 0.3 is 0 Å². The molecule has 0 aliphatic carbocycles. The average molecular weight is 237 g/mol. The van der Waals surface area contributed by atoms with Gasteiger partial charge in [0.25, 0.3) is 0 Å². The summed E-state index contributed by atoms with van der Waals surface area (Å²) in [5, 5.41) is 3.52. The lowest BCUT2D eigenvalue weighted by atomic mass is 10.0. The van der Waals surface area contributed by atoms with E-state index in [-0.39, 0.29) is 0 Å². The summed E-state index contributed by atoms with van der Waals surface area (Å²) in [4.78, 5) is 4.39. The van der Waals surface area contributed by atoms with Crippen LogP contribution in [0.2, 0.25) is 0 Å². The van der Waals surface area contributed by atoms with Crippen molar-refractivity contribution >= 4 is 0 Å². The Balaban J connectivity index is 1.71. The highest BCUT2D eigenvalue weighted by atomic mass is 16.5. The van der Waals surface area contributed by atoms with Crippen LogP contribution in [0.3, 0.4) is 0 Å². The van der Waals surface area contributed by atoms with Gasteiger partial charge in [-0.05, 0) is 31.7 Å². The van der Waals surface area contributed by atoms with Crippen LogP contribution in [0.4, 0.5) is 0 Å². The lowest BCUT2D eigenvalue weighted by molar-refractivity contribution is 0.0661. The molecular weight excluding hydrogens is 214 g/mol. The van der Waals surface area contributed by atoms with E-state index < -0.39 is 0 Å². The van der Waals surface area contributed by atoms with Crippen LogP contribution in [0, 0.1) is 5.92 Å². The molecule has 1 saturated heterocycles. The lowest BCUT2D eigenvalue weighted by Crippen LogP contribution is -2.28. The highest BCUT2D eigenvalue weighted by Crippen LogP contribution is 2.13. The van der Waals surface area contributed by atoms with Gasteiger partial charge in [-0.1, -0.05) is 6.92 Å². The van der Waals surface area contributed by atoms with Crippen molar-refractivity contribution in [3.05, 3.63) is 18.2 Å². The minimum atomic E-state index is 0.776. The van der Waals surface area contributed by atoms with E-state index in [4.69, 9.17) is 4.74 Å². The maximum Gasteiger partial charge on any atom is 0.122 e. The molecule has 2 heterocycles. The van der Waals surface area contributed by atoms with E-state index in [1.807, 2.05) is 6.20 Å². The molecule has 4 heteroatoms. The molecule has 4 nitrogen and oxygen atoms in total. The second-order valence-corrected chi connectivity index (χ2v) is 4.72. The van der Waals surface area contributed by atoms with Crippen molar-refractivity contribution in [2.24, 2.45) is 5.92 Å². The Morgan fingerprint density at radius 2 is 2.29 bits per heavy atom. The second-order valence-electron chi connectivity index (χ2n) is 4.72. The van der Waals surface area contributed by atoms with Gasteiger partial charge in [-0.3, -0.25) is 0 Å². The van der Waals surface area contributed by atoms with Crippen molar-refractivity contribution in [1.29, 1.82) is 0 Å². The monoisotopic (exact) mass is 237 g/mol. The van der Waals surface area contributed by atoms with Gasteiger partial charge in [0, 0.05) is 32.2 Å². The molecule has 0 atom stereocenters. The van der Waals surface area contributed by atoms with Gasteiger partial charge in [-0.2, -0.15) is 0 Å². The molecule has 1 N–H and O–H groups in total. The van der Waals surface area contributed by atoms with E-state index in [9.17, 15) is 0 Å². The summed E-state index contributed by atoms with van der Waals surface area (Å²) < 4.78 is 7.59.